The fourth-order valence-corrected chi connectivity index (χ4v) is 6.27. The van der Waals surface area contributed by atoms with Gasteiger partial charge in [0.05, 0.1) is 13.2 Å². The van der Waals surface area contributed by atoms with Gasteiger partial charge >= 0.3 is 18.2 Å². The Morgan fingerprint density at radius 2 is 1.73 bits per heavy atom. The third-order valence-electron chi connectivity index (χ3n) is 8.26. The number of halogens is 4. The van der Waals surface area contributed by atoms with Gasteiger partial charge in [-0.3, -0.25) is 4.79 Å². The second-order valence-corrected chi connectivity index (χ2v) is 12.5. The Kier molecular flexibility index (Phi) is 12.4. The summed E-state index contributed by atoms with van der Waals surface area (Å²) < 4.78 is 51.7. The number of carbonyl (C=O) groups excluding carboxylic acids is 3. The molecule has 0 bridgehead atoms. The first-order valence-corrected chi connectivity index (χ1v) is 15.8. The maximum absolute atomic E-state index is 15.0. The fourth-order valence-electron chi connectivity index (χ4n) is 6.08. The first kappa shape index (κ1) is 37.0. The highest BCUT2D eigenvalue weighted by molar-refractivity contribution is 6.30. The smallest absolute Gasteiger partial charge is 0.383 e. The van der Waals surface area contributed by atoms with Gasteiger partial charge in [-0.2, -0.15) is 13.2 Å². The highest BCUT2D eigenvalue weighted by Crippen LogP contribution is 2.37. The molecule has 0 spiro atoms. The molecule has 2 aromatic carbocycles. The van der Waals surface area contributed by atoms with Crippen molar-refractivity contribution in [1.82, 2.24) is 19.8 Å². The van der Waals surface area contributed by atoms with E-state index in [1.165, 1.54) is 19.1 Å². The molecular weight excluding hydrogens is 655 g/mol. The Morgan fingerprint density at radius 1 is 1.06 bits per heavy atom. The number of hydrogen-bond acceptors (Lipinski definition) is 7. The van der Waals surface area contributed by atoms with E-state index in [-0.39, 0.29) is 43.8 Å². The van der Waals surface area contributed by atoms with Crippen molar-refractivity contribution in [3.05, 3.63) is 64.8 Å². The quantitative estimate of drug-likeness (QED) is 0.263. The average Bonchev–Trinajstić information content (AvgIpc) is 3.47. The molecule has 1 aromatic heterocycles. The number of carbonyl (C=O) groups is 3. The number of hydroxylamine groups is 2. The number of anilines is 1. The van der Waals surface area contributed by atoms with E-state index >= 15 is 4.79 Å². The van der Waals surface area contributed by atoms with E-state index in [9.17, 15) is 22.8 Å². The van der Waals surface area contributed by atoms with Crippen LogP contribution >= 0.6 is 11.6 Å². The van der Waals surface area contributed by atoms with Crippen molar-refractivity contribution in [2.45, 2.75) is 31.5 Å². The molecule has 0 aliphatic carbocycles. The minimum atomic E-state index is -5.47. The molecule has 2 unspecified atom stereocenters. The number of rotatable bonds is 12. The average molecular weight is 696 g/mol. The van der Waals surface area contributed by atoms with Crippen LogP contribution in [-0.2, 0) is 30.3 Å². The molecule has 3 atom stereocenters. The van der Waals surface area contributed by atoms with Crippen molar-refractivity contribution in [1.29, 1.82) is 0 Å². The van der Waals surface area contributed by atoms with Gasteiger partial charge in [0, 0.05) is 74.1 Å². The third-order valence-corrected chi connectivity index (χ3v) is 8.50. The molecule has 0 saturated heterocycles. The lowest BCUT2D eigenvalue weighted by atomic mass is 9.88. The molecular formula is C33H41ClF3N5O6. The zero-order valence-electron chi connectivity index (χ0n) is 27.6. The number of urea groups is 1. The summed E-state index contributed by atoms with van der Waals surface area (Å²) >= 11 is 6.34. The topological polar surface area (TPSA) is 108 Å². The molecule has 4 rings (SSSR count). The lowest BCUT2D eigenvalue weighted by Gasteiger charge is -2.41. The predicted octanol–water partition coefficient (Wildman–Crippen LogP) is 5.10. The molecule has 0 radical (unpaired) electrons. The highest BCUT2D eigenvalue weighted by atomic mass is 35.5. The molecule has 3 aromatic rings. The minimum absolute atomic E-state index is 0.0135. The maximum Gasteiger partial charge on any atom is 0.493 e. The summed E-state index contributed by atoms with van der Waals surface area (Å²) in [6.07, 6.45) is -3.24. The van der Waals surface area contributed by atoms with E-state index in [1.807, 2.05) is 25.1 Å². The van der Waals surface area contributed by atoms with Gasteiger partial charge in [0.15, 0.2) is 6.04 Å². The van der Waals surface area contributed by atoms with Crippen LogP contribution in [0.2, 0.25) is 5.02 Å². The molecule has 0 fully saturated rings. The van der Waals surface area contributed by atoms with Crippen molar-refractivity contribution >= 4 is 46.1 Å². The monoisotopic (exact) mass is 695 g/mol. The summed E-state index contributed by atoms with van der Waals surface area (Å²) in [7, 11) is 6.59. The number of benzene rings is 2. The standard InChI is InChI=1S/C33H41ClF3N5O6/c1-21(26-18-38-27-9-7-6-8-25(26)27)29(30(43)41-20-22(19-39(2)3)16-23-17-24(34)10-11-28(23)41)42(48-31(44)33(35,36)37)32(45)40(12-14-46-4)13-15-47-5/h6-11,17-18,21-22,29,38H,12-16,19-20H2,1-5H3/t21?,22-,29?/m1/s1. The van der Waals surface area contributed by atoms with Crippen molar-refractivity contribution in [3.8, 4) is 0 Å². The fraction of sp³-hybridized carbons (Fsp3) is 0.485. The number of methoxy groups -OCH3 is 2. The van der Waals surface area contributed by atoms with E-state index in [0.717, 1.165) is 10.5 Å². The maximum atomic E-state index is 15.0. The number of nitrogens with zero attached hydrogens (tertiary/aromatic N) is 4. The van der Waals surface area contributed by atoms with E-state index in [0.29, 0.717) is 40.1 Å². The summed E-state index contributed by atoms with van der Waals surface area (Å²) in [5.74, 6) is -4.44. The van der Waals surface area contributed by atoms with Gasteiger partial charge in [-0.1, -0.05) is 36.7 Å². The molecule has 0 saturated carbocycles. The van der Waals surface area contributed by atoms with Gasteiger partial charge in [0.25, 0.3) is 5.91 Å². The zero-order valence-corrected chi connectivity index (χ0v) is 28.3. The van der Waals surface area contributed by atoms with Crippen LogP contribution in [0, 0.1) is 5.92 Å². The molecule has 15 heteroatoms. The SMILES string of the molecule is COCCN(CCOC)C(=O)N(OC(=O)C(F)(F)F)C(C(=O)N1C[C@@H](CN(C)C)Cc2cc(Cl)ccc21)C(C)c1c[nH]c2ccccc12. The normalized spacial score (nSPS) is 16.0. The Morgan fingerprint density at radius 3 is 2.35 bits per heavy atom. The van der Waals surface area contributed by atoms with Gasteiger partial charge in [0.2, 0.25) is 0 Å². The van der Waals surface area contributed by atoms with Crippen LogP contribution in [0.3, 0.4) is 0 Å². The largest absolute Gasteiger partial charge is 0.493 e. The summed E-state index contributed by atoms with van der Waals surface area (Å²) in [5.41, 5.74) is 2.50. The molecule has 1 N–H and O–H groups in total. The van der Waals surface area contributed by atoms with E-state index in [1.54, 1.807) is 49.5 Å². The number of aromatic amines is 1. The number of H-pyrrole nitrogens is 1. The summed E-state index contributed by atoms with van der Waals surface area (Å²) in [4.78, 5) is 54.4. The lowest BCUT2D eigenvalue weighted by molar-refractivity contribution is -0.235. The van der Waals surface area contributed by atoms with Crippen molar-refractivity contribution in [3.63, 3.8) is 0 Å². The van der Waals surface area contributed by atoms with Crippen LogP contribution in [0.1, 0.15) is 24.0 Å². The van der Waals surface area contributed by atoms with Crippen LogP contribution in [-0.4, -0.2) is 118 Å². The predicted molar refractivity (Wildman–Crippen MR) is 175 cm³/mol. The van der Waals surface area contributed by atoms with Crippen LogP contribution in [0.25, 0.3) is 10.9 Å². The summed E-state index contributed by atoms with van der Waals surface area (Å²) in [5, 5.41) is 1.42. The van der Waals surface area contributed by atoms with Crippen molar-refractivity contribution in [2.75, 3.05) is 72.6 Å². The van der Waals surface area contributed by atoms with E-state index in [4.69, 9.17) is 25.9 Å². The number of nitrogens with one attached hydrogen (secondary N) is 1. The molecule has 262 valence electrons. The number of fused-ring (bicyclic) bond motifs is 2. The first-order valence-electron chi connectivity index (χ1n) is 15.4. The zero-order chi connectivity index (χ0) is 35.2. The molecule has 48 heavy (non-hydrogen) atoms. The van der Waals surface area contributed by atoms with Gasteiger partial charge in [-0.15, -0.1) is 5.06 Å². The van der Waals surface area contributed by atoms with Crippen LogP contribution in [0.4, 0.5) is 23.7 Å². The summed E-state index contributed by atoms with van der Waals surface area (Å²) in [6, 6.07) is 9.36. The second kappa shape index (κ2) is 16.0. The number of ether oxygens (including phenoxy) is 2. The Bertz CT molecular complexity index is 1580. The number of aromatic nitrogens is 1. The third kappa shape index (κ3) is 8.59. The number of amides is 3. The van der Waals surface area contributed by atoms with Crippen LogP contribution < -0.4 is 4.90 Å². The Hall–Kier alpha value is -3.85. The van der Waals surface area contributed by atoms with E-state index in [2.05, 4.69) is 4.98 Å². The lowest BCUT2D eigenvalue weighted by Crippen LogP contribution is -2.59. The highest BCUT2D eigenvalue weighted by Gasteiger charge is 2.49. The van der Waals surface area contributed by atoms with Crippen LogP contribution in [0.5, 0.6) is 0 Å². The number of para-hydroxylation sites is 1. The molecule has 1 aliphatic rings. The van der Waals surface area contributed by atoms with Gasteiger partial charge < -0.3 is 34.0 Å². The minimum Gasteiger partial charge on any atom is -0.383 e. The van der Waals surface area contributed by atoms with Gasteiger partial charge in [-0.05, 0) is 61.8 Å². The van der Waals surface area contributed by atoms with E-state index < -0.39 is 36.0 Å². The Labute approximate surface area is 282 Å². The number of hydrogen-bond donors (Lipinski definition) is 1. The van der Waals surface area contributed by atoms with Crippen molar-refractivity contribution in [2.24, 2.45) is 5.92 Å². The second-order valence-electron chi connectivity index (χ2n) is 12.0. The first-order chi connectivity index (χ1) is 22.8. The molecule has 2 heterocycles. The van der Waals surface area contributed by atoms with Gasteiger partial charge in [0.1, 0.15) is 0 Å². The van der Waals surface area contributed by atoms with Crippen molar-refractivity contribution < 1.29 is 41.9 Å². The summed E-state index contributed by atoms with van der Waals surface area (Å²) in [6.45, 7) is 2.24. The molecule has 3 amide bonds. The molecule has 11 nitrogen and oxygen atoms in total. The molecule has 1 aliphatic heterocycles. The van der Waals surface area contributed by atoms with Crippen LogP contribution in [0.15, 0.2) is 48.7 Å². The van der Waals surface area contributed by atoms with Gasteiger partial charge in [-0.25, -0.2) is 9.59 Å². The number of alkyl halides is 3. The Balaban J connectivity index is 1.91.